The van der Waals surface area contributed by atoms with Gasteiger partial charge in [0.25, 0.3) is 0 Å². The molecule has 0 aliphatic heterocycles. The van der Waals surface area contributed by atoms with Gasteiger partial charge in [-0.1, -0.05) is 26.7 Å². The Morgan fingerprint density at radius 1 is 0.794 bits per heavy atom. The highest BCUT2D eigenvalue weighted by atomic mass is 16.4. The number of aliphatic carboxylic acids is 3. The molecule has 34 heavy (non-hydrogen) atoms. The largest absolute Gasteiger partial charge is 0.481 e. The Labute approximate surface area is 196 Å². The van der Waals surface area contributed by atoms with Gasteiger partial charge in [0, 0.05) is 0 Å². The van der Waals surface area contributed by atoms with E-state index in [4.69, 9.17) is 21.7 Å². The van der Waals surface area contributed by atoms with E-state index >= 15 is 0 Å². The first-order valence-corrected chi connectivity index (χ1v) is 10.9. The van der Waals surface area contributed by atoms with Crippen LogP contribution < -0.4 is 27.4 Å². The molecule has 5 atom stereocenters. The van der Waals surface area contributed by atoms with Crippen molar-refractivity contribution >= 4 is 35.6 Å². The first kappa shape index (κ1) is 30.7. The minimum atomic E-state index is -1.72. The van der Waals surface area contributed by atoms with Crippen LogP contribution in [0.5, 0.6) is 0 Å². The number of carbonyl (C=O) groups excluding carboxylic acids is 3. The van der Waals surface area contributed by atoms with E-state index in [9.17, 15) is 33.9 Å². The normalized spacial score (nSPS) is 15.2. The molecule has 0 radical (unpaired) electrons. The fourth-order valence-electron chi connectivity index (χ4n) is 2.90. The molecule has 14 nitrogen and oxygen atoms in total. The van der Waals surface area contributed by atoms with Crippen molar-refractivity contribution in [1.29, 1.82) is 0 Å². The molecule has 10 N–H and O–H groups in total. The summed E-state index contributed by atoms with van der Waals surface area (Å²) in [6.45, 7) is 3.66. The Morgan fingerprint density at radius 2 is 1.26 bits per heavy atom. The van der Waals surface area contributed by atoms with Gasteiger partial charge in [-0.3, -0.25) is 24.0 Å². The molecule has 194 valence electrons. The van der Waals surface area contributed by atoms with Gasteiger partial charge in [0.2, 0.25) is 17.7 Å². The Bertz CT molecular complexity index is 746. The van der Waals surface area contributed by atoms with Crippen molar-refractivity contribution in [2.24, 2.45) is 17.4 Å². The number of unbranched alkanes of at least 4 members (excludes halogenated alkanes) is 1. The number of rotatable bonds is 17. The van der Waals surface area contributed by atoms with Crippen molar-refractivity contribution < 1.29 is 44.1 Å². The molecule has 5 unspecified atom stereocenters. The van der Waals surface area contributed by atoms with Crippen molar-refractivity contribution in [3.05, 3.63) is 0 Å². The summed E-state index contributed by atoms with van der Waals surface area (Å²) < 4.78 is 0. The van der Waals surface area contributed by atoms with Crippen molar-refractivity contribution in [2.75, 3.05) is 6.54 Å². The smallest absolute Gasteiger partial charge is 0.326 e. The van der Waals surface area contributed by atoms with Crippen LogP contribution in [0.4, 0.5) is 0 Å². The number of amides is 3. The summed E-state index contributed by atoms with van der Waals surface area (Å²) >= 11 is 0. The molecule has 0 spiro atoms. The fraction of sp³-hybridized carbons (Fsp3) is 0.700. The summed E-state index contributed by atoms with van der Waals surface area (Å²) in [5.74, 6) is -7.79. The molecule has 14 heteroatoms. The molecular weight excluding hydrogens is 454 g/mol. The molecule has 0 aromatic carbocycles. The zero-order valence-electron chi connectivity index (χ0n) is 19.3. The Kier molecular flexibility index (Phi) is 14.1. The van der Waals surface area contributed by atoms with Gasteiger partial charge in [0.15, 0.2) is 0 Å². The highest BCUT2D eigenvalue weighted by molar-refractivity contribution is 5.96. The molecule has 0 saturated heterocycles. The van der Waals surface area contributed by atoms with Crippen LogP contribution in [0.1, 0.15) is 52.4 Å². The predicted molar refractivity (Wildman–Crippen MR) is 118 cm³/mol. The Morgan fingerprint density at radius 3 is 1.68 bits per heavy atom. The number of carboxylic acid groups (broad SMARTS) is 3. The zero-order valence-corrected chi connectivity index (χ0v) is 19.3. The summed E-state index contributed by atoms with van der Waals surface area (Å²) in [7, 11) is 0. The lowest BCUT2D eigenvalue weighted by molar-refractivity contribution is -0.145. The van der Waals surface area contributed by atoms with Gasteiger partial charge in [0.05, 0.1) is 18.9 Å². The molecule has 0 aromatic rings. The molecule has 0 aliphatic rings. The topological polar surface area (TPSA) is 251 Å². The number of hydrogen-bond acceptors (Lipinski definition) is 8. The van der Waals surface area contributed by atoms with Crippen molar-refractivity contribution in [2.45, 2.75) is 76.5 Å². The molecule has 0 saturated carbocycles. The molecular formula is C20H35N5O9. The predicted octanol–water partition coefficient (Wildman–Crippen LogP) is -2.02. The molecule has 0 heterocycles. The van der Waals surface area contributed by atoms with E-state index in [1.165, 1.54) is 0 Å². The molecule has 0 fully saturated rings. The lowest BCUT2D eigenvalue weighted by Crippen LogP contribution is -2.58. The average molecular weight is 490 g/mol. The minimum absolute atomic E-state index is 0.237. The maximum atomic E-state index is 12.7. The number of hydrogen-bond donors (Lipinski definition) is 8. The summed E-state index contributed by atoms with van der Waals surface area (Å²) in [5, 5.41) is 34.0. The first-order valence-electron chi connectivity index (χ1n) is 10.9. The van der Waals surface area contributed by atoms with Crippen LogP contribution in [0, 0.1) is 5.92 Å². The van der Waals surface area contributed by atoms with Crippen LogP contribution >= 0.6 is 0 Å². The van der Waals surface area contributed by atoms with Crippen molar-refractivity contribution in [1.82, 2.24) is 16.0 Å². The van der Waals surface area contributed by atoms with E-state index in [2.05, 4.69) is 16.0 Å². The molecule has 0 aromatic heterocycles. The average Bonchev–Trinajstić information content (AvgIpc) is 2.74. The number of nitrogens with two attached hydrogens (primary N) is 2. The van der Waals surface area contributed by atoms with Crippen LogP contribution in [0.25, 0.3) is 0 Å². The number of carbonyl (C=O) groups is 6. The van der Waals surface area contributed by atoms with E-state index in [1.54, 1.807) is 13.8 Å². The standard InChI is InChI=1S/C20H35N5O9/c1-3-10(2)16(20(33)34)25-19(32)13(9-15(28)29)24-18(31)12(8-14(26)27)23-17(30)11(22)6-4-5-7-21/h10-13,16H,3-9,21-22H2,1-2H3,(H,23,30)(H,24,31)(H,25,32)(H,26,27)(H,28,29)(H,33,34). The third-order valence-corrected chi connectivity index (χ3v) is 5.11. The molecule has 0 rings (SSSR count). The van der Waals surface area contributed by atoms with Crippen LogP contribution in [-0.2, 0) is 28.8 Å². The zero-order chi connectivity index (χ0) is 26.4. The van der Waals surface area contributed by atoms with Crippen LogP contribution in [0.3, 0.4) is 0 Å². The number of carboxylic acids is 3. The summed E-state index contributed by atoms with van der Waals surface area (Å²) in [6.07, 6.45) is 0.00463. The monoisotopic (exact) mass is 489 g/mol. The first-order chi connectivity index (χ1) is 15.8. The van der Waals surface area contributed by atoms with E-state index < -0.39 is 78.6 Å². The van der Waals surface area contributed by atoms with E-state index in [-0.39, 0.29) is 6.42 Å². The van der Waals surface area contributed by atoms with Gasteiger partial charge in [0.1, 0.15) is 18.1 Å². The molecule has 3 amide bonds. The van der Waals surface area contributed by atoms with E-state index in [0.29, 0.717) is 25.8 Å². The summed E-state index contributed by atoms with van der Waals surface area (Å²) in [4.78, 5) is 71.4. The Hall–Kier alpha value is -3.26. The lowest BCUT2D eigenvalue weighted by atomic mass is 9.98. The highest BCUT2D eigenvalue weighted by Gasteiger charge is 2.33. The Balaban J connectivity index is 5.51. The minimum Gasteiger partial charge on any atom is -0.481 e. The SMILES string of the molecule is CCC(C)C(NC(=O)C(CC(=O)O)NC(=O)C(CC(=O)O)NC(=O)C(N)CCCCN)C(=O)O. The van der Waals surface area contributed by atoms with Crippen molar-refractivity contribution in [3.8, 4) is 0 Å². The van der Waals surface area contributed by atoms with Gasteiger partial charge in [-0.25, -0.2) is 4.79 Å². The maximum Gasteiger partial charge on any atom is 0.326 e. The summed E-state index contributed by atoms with van der Waals surface area (Å²) in [5.41, 5.74) is 11.1. The second kappa shape index (κ2) is 15.6. The van der Waals surface area contributed by atoms with E-state index in [0.717, 1.165) is 0 Å². The van der Waals surface area contributed by atoms with Crippen LogP contribution in [0.2, 0.25) is 0 Å². The van der Waals surface area contributed by atoms with Gasteiger partial charge in [-0.05, 0) is 25.3 Å². The van der Waals surface area contributed by atoms with Crippen molar-refractivity contribution in [3.63, 3.8) is 0 Å². The van der Waals surface area contributed by atoms with Gasteiger partial charge >= 0.3 is 17.9 Å². The quantitative estimate of drug-likeness (QED) is 0.103. The highest BCUT2D eigenvalue weighted by Crippen LogP contribution is 2.09. The summed E-state index contributed by atoms with van der Waals surface area (Å²) in [6, 6.07) is -5.76. The third kappa shape index (κ3) is 11.6. The molecule has 0 aliphatic carbocycles. The number of nitrogens with one attached hydrogen (secondary N) is 3. The van der Waals surface area contributed by atoms with Gasteiger partial charge < -0.3 is 42.7 Å². The second-order valence-corrected chi connectivity index (χ2v) is 7.92. The third-order valence-electron chi connectivity index (χ3n) is 5.11. The van der Waals surface area contributed by atoms with Gasteiger partial charge in [-0.2, -0.15) is 0 Å². The fourth-order valence-corrected chi connectivity index (χ4v) is 2.90. The van der Waals surface area contributed by atoms with Crippen LogP contribution in [-0.4, -0.2) is 81.7 Å². The van der Waals surface area contributed by atoms with Crippen LogP contribution in [0.15, 0.2) is 0 Å². The lowest BCUT2D eigenvalue weighted by Gasteiger charge is -2.25. The molecule has 0 bridgehead atoms. The maximum absolute atomic E-state index is 12.7. The second-order valence-electron chi connectivity index (χ2n) is 7.92. The van der Waals surface area contributed by atoms with E-state index in [1.807, 2.05) is 0 Å². The van der Waals surface area contributed by atoms with Gasteiger partial charge in [-0.15, -0.1) is 0 Å².